The molecule has 1 fully saturated rings. The predicted octanol–water partition coefficient (Wildman–Crippen LogP) is 1.20. The third kappa shape index (κ3) is 1.52. The largest absolute Gasteiger partial charge is 0.359 e. The zero-order chi connectivity index (χ0) is 9.26. The molecule has 0 amide bonds. The molecule has 0 bridgehead atoms. The number of carbonyl (C=O) groups is 1. The van der Waals surface area contributed by atoms with Gasteiger partial charge < -0.3 is 10.3 Å². The molecule has 0 aromatic carbocycles. The molecule has 2 unspecified atom stereocenters. The molecule has 3 heteroatoms. The van der Waals surface area contributed by atoms with Gasteiger partial charge in [0.1, 0.15) is 0 Å². The van der Waals surface area contributed by atoms with Crippen LogP contribution >= 0.6 is 0 Å². The summed E-state index contributed by atoms with van der Waals surface area (Å²) in [5, 5.41) is 3.28. The van der Waals surface area contributed by atoms with E-state index in [-0.39, 0.29) is 11.7 Å². The lowest BCUT2D eigenvalue weighted by Crippen LogP contribution is -2.28. The van der Waals surface area contributed by atoms with Crippen LogP contribution in [-0.4, -0.2) is 23.4 Å². The summed E-state index contributed by atoms with van der Waals surface area (Å²) < 4.78 is 0. The molecule has 1 aromatic heterocycles. The van der Waals surface area contributed by atoms with Crippen LogP contribution in [0.25, 0.3) is 0 Å². The van der Waals surface area contributed by atoms with Crippen molar-refractivity contribution in [2.45, 2.75) is 19.4 Å². The summed E-state index contributed by atoms with van der Waals surface area (Å²) in [6.07, 6.45) is 2.75. The highest BCUT2D eigenvalue weighted by atomic mass is 16.1. The number of nitrogens with one attached hydrogen (secondary N) is 2. The van der Waals surface area contributed by atoms with E-state index in [1.165, 1.54) is 0 Å². The number of carbonyl (C=O) groups excluding carboxylic acids is 1. The lowest BCUT2D eigenvalue weighted by Gasteiger charge is -2.12. The Bertz CT molecular complexity index is 292. The number of Topliss-reactive ketones (excluding diaryl/α,β-unsaturated/α-hetero) is 1. The first kappa shape index (κ1) is 8.51. The number of aromatic amines is 1. The number of hydrogen-bond donors (Lipinski definition) is 2. The monoisotopic (exact) mass is 178 g/mol. The Balaban J connectivity index is 2.13. The van der Waals surface area contributed by atoms with Crippen LogP contribution in [0.2, 0.25) is 0 Å². The summed E-state index contributed by atoms with van der Waals surface area (Å²) in [6, 6.07) is 4.02. The van der Waals surface area contributed by atoms with Gasteiger partial charge in [0.15, 0.2) is 5.78 Å². The highest BCUT2D eigenvalue weighted by Crippen LogP contribution is 2.19. The van der Waals surface area contributed by atoms with E-state index in [2.05, 4.69) is 17.2 Å². The quantitative estimate of drug-likeness (QED) is 0.668. The van der Waals surface area contributed by atoms with Crippen molar-refractivity contribution in [3.05, 3.63) is 24.0 Å². The van der Waals surface area contributed by atoms with E-state index in [4.69, 9.17) is 0 Å². The third-order valence-corrected chi connectivity index (χ3v) is 2.73. The lowest BCUT2D eigenvalue weighted by atomic mass is 9.95. The van der Waals surface area contributed by atoms with Crippen molar-refractivity contribution in [1.29, 1.82) is 0 Å². The van der Waals surface area contributed by atoms with Gasteiger partial charge >= 0.3 is 0 Å². The van der Waals surface area contributed by atoms with E-state index in [0.717, 1.165) is 18.7 Å². The van der Waals surface area contributed by atoms with Crippen LogP contribution in [0.4, 0.5) is 0 Å². The number of H-pyrrole nitrogens is 1. The summed E-state index contributed by atoms with van der Waals surface area (Å²) >= 11 is 0. The second kappa shape index (κ2) is 3.34. The summed E-state index contributed by atoms with van der Waals surface area (Å²) in [5.74, 6) is 0.390. The van der Waals surface area contributed by atoms with E-state index < -0.39 is 0 Å². The van der Waals surface area contributed by atoms with Gasteiger partial charge in [0.2, 0.25) is 0 Å². The third-order valence-electron chi connectivity index (χ3n) is 2.73. The Morgan fingerprint density at radius 1 is 1.62 bits per heavy atom. The molecule has 2 rings (SSSR count). The van der Waals surface area contributed by atoms with Crippen LogP contribution in [0.15, 0.2) is 18.3 Å². The van der Waals surface area contributed by atoms with Gasteiger partial charge in [-0.1, -0.05) is 0 Å². The minimum Gasteiger partial charge on any atom is -0.359 e. The summed E-state index contributed by atoms with van der Waals surface area (Å²) in [7, 11) is 0. The van der Waals surface area contributed by atoms with Crippen molar-refractivity contribution in [2.24, 2.45) is 5.92 Å². The zero-order valence-electron chi connectivity index (χ0n) is 7.71. The normalized spacial score (nSPS) is 27.8. The van der Waals surface area contributed by atoms with Gasteiger partial charge in [-0.25, -0.2) is 0 Å². The second-order valence-electron chi connectivity index (χ2n) is 3.59. The van der Waals surface area contributed by atoms with Gasteiger partial charge in [0.05, 0.1) is 5.69 Å². The van der Waals surface area contributed by atoms with Crippen LogP contribution in [0.3, 0.4) is 0 Å². The fourth-order valence-corrected chi connectivity index (χ4v) is 1.90. The van der Waals surface area contributed by atoms with Crippen molar-refractivity contribution in [2.75, 3.05) is 6.54 Å². The molecule has 2 heterocycles. The van der Waals surface area contributed by atoms with Gasteiger partial charge in [0, 0.05) is 18.2 Å². The second-order valence-corrected chi connectivity index (χ2v) is 3.59. The Morgan fingerprint density at radius 3 is 3.00 bits per heavy atom. The SMILES string of the molecule is CC1NCCC1C(=O)c1ccc[nH]1. The Labute approximate surface area is 77.5 Å². The van der Waals surface area contributed by atoms with E-state index in [1.54, 1.807) is 6.20 Å². The zero-order valence-corrected chi connectivity index (χ0v) is 7.71. The maximum atomic E-state index is 11.8. The van der Waals surface area contributed by atoms with Crippen LogP contribution in [0.5, 0.6) is 0 Å². The van der Waals surface area contributed by atoms with Crippen LogP contribution in [0, 0.1) is 5.92 Å². The molecule has 3 nitrogen and oxygen atoms in total. The Kier molecular flexibility index (Phi) is 2.19. The predicted molar refractivity (Wildman–Crippen MR) is 50.7 cm³/mol. The van der Waals surface area contributed by atoms with Crippen LogP contribution < -0.4 is 5.32 Å². The van der Waals surface area contributed by atoms with Gasteiger partial charge in [0.25, 0.3) is 0 Å². The van der Waals surface area contributed by atoms with Gasteiger partial charge in [-0.05, 0) is 32.0 Å². The first-order chi connectivity index (χ1) is 6.29. The minimum absolute atomic E-state index is 0.152. The van der Waals surface area contributed by atoms with E-state index in [0.29, 0.717) is 6.04 Å². The highest BCUT2D eigenvalue weighted by Gasteiger charge is 2.30. The molecule has 1 aliphatic rings. The number of aromatic nitrogens is 1. The number of ketones is 1. The lowest BCUT2D eigenvalue weighted by molar-refractivity contribution is 0.0909. The van der Waals surface area contributed by atoms with Crippen molar-refractivity contribution in [3.8, 4) is 0 Å². The van der Waals surface area contributed by atoms with E-state index in [1.807, 2.05) is 12.1 Å². The fourth-order valence-electron chi connectivity index (χ4n) is 1.90. The standard InChI is InChI=1S/C10H14N2O/c1-7-8(4-6-11-7)10(13)9-3-2-5-12-9/h2-3,5,7-8,11-12H,4,6H2,1H3. The molecule has 1 aromatic rings. The van der Waals surface area contributed by atoms with Crippen LogP contribution in [0.1, 0.15) is 23.8 Å². The number of rotatable bonds is 2. The average Bonchev–Trinajstić information content (AvgIpc) is 2.72. The molecule has 13 heavy (non-hydrogen) atoms. The molecule has 1 saturated heterocycles. The molecular weight excluding hydrogens is 164 g/mol. The molecular formula is C10H14N2O. The minimum atomic E-state index is 0.152. The van der Waals surface area contributed by atoms with E-state index >= 15 is 0 Å². The molecule has 0 aliphatic carbocycles. The van der Waals surface area contributed by atoms with Gasteiger partial charge in [-0.15, -0.1) is 0 Å². The molecule has 0 radical (unpaired) electrons. The maximum absolute atomic E-state index is 11.8. The molecule has 70 valence electrons. The molecule has 0 saturated carbocycles. The summed E-state index contributed by atoms with van der Waals surface area (Å²) in [4.78, 5) is 14.8. The first-order valence-electron chi connectivity index (χ1n) is 4.70. The van der Waals surface area contributed by atoms with Crippen LogP contribution in [-0.2, 0) is 0 Å². The van der Waals surface area contributed by atoms with Gasteiger partial charge in [-0.2, -0.15) is 0 Å². The smallest absolute Gasteiger partial charge is 0.183 e. The summed E-state index contributed by atoms with van der Waals surface area (Å²) in [5.41, 5.74) is 0.737. The maximum Gasteiger partial charge on any atom is 0.183 e. The number of hydrogen-bond acceptors (Lipinski definition) is 2. The average molecular weight is 178 g/mol. The van der Waals surface area contributed by atoms with Crippen molar-refractivity contribution < 1.29 is 4.79 Å². The van der Waals surface area contributed by atoms with Crippen molar-refractivity contribution in [3.63, 3.8) is 0 Å². The summed E-state index contributed by atoms with van der Waals surface area (Å²) in [6.45, 7) is 3.02. The van der Waals surface area contributed by atoms with E-state index in [9.17, 15) is 4.79 Å². The molecule has 2 N–H and O–H groups in total. The molecule has 2 atom stereocenters. The molecule has 0 spiro atoms. The Hall–Kier alpha value is -1.09. The topological polar surface area (TPSA) is 44.9 Å². The molecule has 1 aliphatic heterocycles. The van der Waals surface area contributed by atoms with Crippen molar-refractivity contribution >= 4 is 5.78 Å². The first-order valence-corrected chi connectivity index (χ1v) is 4.70. The van der Waals surface area contributed by atoms with Gasteiger partial charge in [-0.3, -0.25) is 4.79 Å². The highest BCUT2D eigenvalue weighted by molar-refractivity contribution is 5.96. The van der Waals surface area contributed by atoms with Crippen molar-refractivity contribution in [1.82, 2.24) is 10.3 Å². The Morgan fingerprint density at radius 2 is 2.46 bits per heavy atom. The fraction of sp³-hybridized carbons (Fsp3) is 0.500.